The van der Waals surface area contributed by atoms with Crippen molar-refractivity contribution in [3.05, 3.63) is 71.3 Å². The molecular formula is C23H30N2O. The number of anilines is 1. The molecule has 0 saturated heterocycles. The molecule has 3 nitrogen and oxygen atoms in total. The summed E-state index contributed by atoms with van der Waals surface area (Å²) in [7, 11) is 0. The Labute approximate surface area is 157 Å². The summed E-state index contributed by atoms with van der Waals surface area (Å²) in [5.41, 5.74) is 4.40. The molecule has 2 amide bonds. The Kier molecular flexibility index (Phi) is 7.02. The normalized spacial score (nSPS) is 11.7. The number of hydrogen-bond acceptors (Lipinski definition) is 1. The Hall–Kier alpha value is -2.55. The molecule has 0 bridgehead atoms. The van der Waals surface area contributed by atoms with Gasteiger partial charge in [-0.2, -0.15) is 0 Å². The Bertz CT molecular complexity index is 731. The molecule has 0 aliphatic carbocycles. The molecule has 2 rings (SSSR count). The number of urea groups is 1. The van der Waals surface area contributed by atoms with Crippen molar-refractivity contribution in [1.29, 1.82) is 0 Å². The van der Waals surface area contributed by atoms with Gasteiger partial charge in [-0.15, -0.1) is 0 Å². The van der Waals surface area contributed by atoms with E-state index < -0.39 is 0 Å². The largest absolute Gasteiger partial charge is 0.322 e. The second-order valence-corrected chi connectivity index (χ2v) is 7.33. The molecule has 0 saturated carbocycles. The third kappa shape index (κ3) is 5.76. The third-order valence-electron chi connectivity index (χ3n) is 4.35. The van der Waals surface area contributed by atoms with Gasteiger partial charge in [-0.05, 0) is 49.9 Å². The van der Waals surface area contributed by atoms with Gasteiger partial charge in [0.05, 0.1) is 0 Å². The molecule has 26 heavy (non-hydrogen) atoms. The van der Waals surface area contributed by atoms with E-state index in [0.29, 0.717) is 12.5 Å². The van der Waals surface area contributed by atoms with E-state index in [0.717, 1.165) is 16.8 Å². The van der Waals surface area contributed by atoms with E-state index in [-0.39, 0.29) is 12.1 Å². The monoisotopic (exact) mass is 350 g/mol. The molecule has 138 valence electrons. The van der Waals surface area contributed by atoms with E-state index in [9.17, 15) is 4.79 Å². The van der Waals surface area contributed by atoms with Gasteiger partial charge in [0.1, 0.15) is 0 Å². The van der Waals surface area contributed by atoms with Crippen LogP contribution in [0.25, 0.3) is 6.08 Å². The minimum Gasteiger partial charge on any atom is -0.318 e. The highest BCUT2D eigenvalue weighted by Crippen LogP contribution is 2.18. The van der Waals surface area contributed by atoms with Crippen molar-refractivity contribution in [1.82, 2.24) is 4.90 Å². The number of rotatable bonds is 6. The second kappa shape index (κ2) is 9.23. The van der Waals surface area contributed by atoms with Gasteiger partial charge in [-0.1, -0.05) is 68.0 Å². The van der Waals surface area contributed by atoms with Crippen LogP contribution in [0.2, 0.25) is 0 Å². The van der Waals surface area contributed by atoms with E-state index >= 15 is 0 Å². The number of nitrogens with one attached hydrogen (secondary N) is 1. The lowest BCUT2D eigenvalue weighted by Gasteiger charge is -2.27. The van der Waals surface area contributed by atoms with Crippen LogP contribution in [0.1, 0.15) is 51.7 Å². The van der Waals surface area contributed by atoms with Crippen LogP contribution in [0.3, 0.4) is 0 Å². The van der Waals surface area contributed by atoms with Gasteiger partial charge in [-0.25, -0.2) is 4.79 Å². The maximum absolute atomic E-state index is 12.7. The van der Waals surface area contributed by atoms with E-state index in [1.807, 2.05) is 49.1 Å². The lowest BCUT2D eigenvalue weighted by atomic mass is 10.0. The first kappa shape index (κ1) is 19.8. The Balaban J connectivity index is 2.06. The van der Waals surface area contributed by atoms with Crippen LogP contribution in [0.15, 0.2) is 60.2 Å². The van der Waals surface area contributed by atoms with E-state index in [1.54, 1.807) is 0 Å². The second-order valence-electron chi connectivity index (χ2n) is 7.33. The molecular weight excluding hydrogens is 320 g/mol. The number of benzene rings is 2. The highest BCUT2D eigenvalue weighted by atomic mass is 16.2. The van der Waals surface area contributed by atoms with Crippen LogP contribution >= 0.6 is 0 Å². The van der Waals surface area contributed by atoms with Crippen LogP contribution in [0, 0.1) is 0 Å². The minimum atomic E-state index is -0.0712. The molecule has 0 aromatic heterocycles. The van der Waals surface area contributed by atoms with Gasteiger partial charge >= 0.3 is 6.03 Å². The maximum atomic E-state index is 12.7. The minimum absolute atomic E-state index is 0.0712. The van der Waals surface area contributed by atoms with Crippen LogP contribution in [0.4, 0.5) is 10.5 Å². The van der Waals surface area contributed by atoms with Crippen molar-refractivity contribution in [3.63, 3.8) is 0 Å². The SMILES string of the molecule is C/C(=C\c1ccccc1)CN(C(=O)Nc1ccc(C(C)C)cc1)C(C)C. The van der Waals surface area contributed by atoms with Gasteiger partial charge in [0, 0.05) is 18.3 Å². The first-order valence-electron chi connectivity index (χ1n) is 9.26. The number of amides is 2. The number of carbonyl (C=O) groups is 1. The number of nitrogens with zero attached hydrogens (tertiary/aromatic N) is 1. The van der Waals surface area contributed by atoms with Gasteiger partial charge in [0.15, 0.2) is 0 Å². The first-order chi connectivity index (χ1) is 12.4. The fraction of sp³-hybridized carbons (Fsp3) is 0.348. The van der Waals surface area contributed by atoms with Crippen LogP contribution in [-0.2, 0) is 0 Å². The highest BCUT2D eigenvalue weighted by molar-refractivity contribution is 5.89. The molecule has 0 unspecified atom stereocenters. The average molecular weight is 351 g/mol. The molecule has 2 aromatic rings. The molecule has 0 aliphatic rings. The highest BCUT2D eigenvalue weighted by Gasteiger charge is 2.17. The summed E-state index contributed by atoms with van der Waals surface area (Å²) in [6, 6.07) is 18.3. The Morgan fingerprint density at radius 2 is 1.62 bits per heavy atom. The van der Waals surface area contributed by atoms with Crippen molar-refractivity contribution < 1.29 is 4.79 Å². The summed E-state index contributed by atoms with van der Waals surface area (Å²) < 4.78 is 0. The van der Waals surface area contributed by atoms with Crippen molar-refractivity contribution in [2.75, 3.05) is 11.9 Å². The molecule has 0 spiro atoms. The summed E-state index contributed by atoms with van der Waals surface area (Å²) in [5.74, 6) is 0.484. The lowest BCUT2D eigenvalue weighted by Crippen LogP contribution is -2.41. The van der Waals surface area contributed by atoms with E-state index in [1.165, 1.54) is 5.56 Å². The fourth-order valence-corrected chi connectivity index (χ4v) is 2.78. The predicted octanol–water partition coefficient (Wildman–Crippen LogP) is 6.16. The molecule has 3 heteroatoms. The van der Waals surface area contributed by atoms with Crippen molar-refractivity contribution in [3.8, 4) is 0 Å². The third-order valence-corrected chi connectivity index (χ3v) is 4.35. The van der Waals surface area contributed by atoms with Crippen molar-refractivity contribution in [2.45, 2.75) is 46.6 Å². The lowest BCUT2D eigenvalue weighted by molar-refractivity contribution is 0.203. The summed E-state index contributed by atoms with van der Waals surface area (Å²) in [6.07, 6.45) is 2.13. The summed E-state index contributed by atoms with van der Waals surface area (Å²) >= 11 is 0. The van der Waals surface area contributed by atoms with E-state index in [4.69, 9.17) is 0 Å². The van der Waals surface area contributed by atoms with Gasteiger partial charge in [0.2, 0.25) is 0 Å². The topological polar surface area (TPSA) is 32.3 Å². The smallest absolute Gasteiger partial charge is 0.318 e. The molecule has 2 aromatic carbocycles. The predicted molar refractivity (Wildman–Crippen MR) is 111 cm³/mol. The quantitative estimate of drug-likeness (QED) is 0.665. The standard InChI is InChI=1S/C23H30N2O/c1-17(2)21-11-13-22(14-12-21)24-23(26)25(18(3)4)16-19(5)15-20-9-7-6-8-10-20/h6-15,17-18H,16H2,1-5H3,(H,24,26)/b19-15+. The summed E-state index contributed by atoms with van der Waals surface area (Å²) in [6.45, 7) is 11.1. The molecule has 1 N–H and O–H groups in total. The van der Waals surface area contributed by atoms with Crippen molar-refractivity contribution in [2.24, 2.45) is 0 Å². The van der Waals surface area contributed by atoms with E-state index in [2.05, 4.69) is 56.4 Å². The molecule has 0 radical (unpaired) electrons. The zero-order valence-electron chi connectivity index (χ0n) is 16.5. The van der Waals surface area contributed by atoms with Gasteiger partial charge < -0.3 is 10.2 Å². The average Bonchev–Trinajstić information content (AvgIpc) is 2.60. The maximum Gasteiger partial charge on any atom is 0.322 e. The van der Waals surface area contributed by atoms with Crippen LogP contribution in [-0.4, -0.2) is 23.5 Å². The Morgan fingerprint density at radius 3 is 2.15 bits per heavy atom. The zero-order valence-corrected chi connectivity index (χ0v) is 16.5. The van der Waals surface area contributed by atoms with Gasteiger partial charge in [0.25, 0.3) is 0 Å². The van der Waals surface area contributed by atoms with Crippen LogP contribution in [0.5, 0.6) is 0 Å². The van der Waals surface area contributed by atoms with Crippen molar-refractivity contribution >= 4 is 17.8 Å². The first-order valence-corrected chi connectivity index (χ1v) is 9.26. The Morgan fingerprint density at radius 1 is 1.00 bits per heavy atom. The molecule has 0 fully saturated rings. The number of carbonyl (C=O) groups excluding carboxylic acids is 1. The van der Waals surface area contributed by atoms with Crippen LogP contribution < -0.4 is 5.32 Å². The molecule has 0 atom stereocenters. The summed E-state index contributed by atoms with van der Waals surface area (Å²) in [5, 5.41) is 3.02. The fourth-order valence-electron chi connectivity index (χ4n) is 2.78. The number of hydrogen-bond donors (Lipinski definition) is 1. The zero-order chi connectivity index (χ0) is 19.1. The molecule has 0 heterocycles. The summed E-state index contributed by atoms with van der Waals surface area (Å²) in [4.78, 5) is 14.6. The molecule has 0 aliphatic heterocycles. The van der Waals surface area contributed by atoms with Gasteiger partial charge in [-0.3, -0.25) is 0 Å².